The van der Waals surface area contributed by atoms with Crippen molar-refractivity contribution in [1.82, 2.24) is 5.32 Å². The van der Waals surface area contributed by atoms with Gasteiger partial charge in [-0.15, -0.1) is 0 Å². The van der Waals surface area contributed by atoms with Gasteiger partial charge < -0.3 is 20.1 Å². The Balaban J connectivity index is 1.89. The van der Waals surface area contributed by atoms with Gasteiger partial charge in [-0.05, 0) is 43.2 Å². The summed E-state index contributed by atoms with van der Waals surface area (Å²) in [6, 6.07) is 11.5. The lowest BCUT2D eigenvalue weighted by Crippen LogP contribution is -2.38. The summed E-state index contributed by atoms with van der Waals surface area (Å²) < 4.78 is 11.1. The number of methoxy groups -OCH3 is 1. The van der Waals surface area contributed by atoms with Gasteiger partial charge in [0.15, 0.2) is 11.5 Å². The lowest BCUT2D eigenvalue weighted by molar-refractivity contribution is 0.0935. The van der Waals surface area contributed by atoms with Crippen molar-refractivity contribution in [3.05, 3.63) is 53.1 Å². The van der Waals surface area contributed by atoms with Crippen LogP contribution < -0.4 is 20.1 Å². The molecule has 1 unspecified atom stereocenters. The summed E-state index contributed by atoms with van der Waals surface area (Å²) in [7, 11) is 1.62. The molecule has 1 amide bonds. The SMILES string of the molecule is CCCOc1cc(C2NC(=O)c3cc(C)ccc3N2)ccc1OC. The molecule has 1 aliphatic rings. The van der Waals surface area contributed by atoms with Crippen molar-refractivity contribution >= 4 is 11.6 Å². The Hall–Kier alpha value is -2.69. The molecule has 5 heteroatoms. The molecular weight excluding hydrogens is 304 g/mol. The first kappa shape index (κ1) is 16.2. The highest BCUT2D eigenvalue weighted by molar-refractivity contribution is 6.01. The number of carbonyl (C=O) groups is 1. The highest BCUT2D eigenvalue weighted by atomic mass is 16.5. The quantitative estimate of drug-likeness (QED) is 0.880. The van der Waals surface area contributed by atoms with E-state index in [1.807, 2.05) is 43.3 Å². The van der Waals surface area contributed by atoms with Crippen LogP contribution in [0.15, 0.2) is 36.4 Å². The Labute approximate surface area is 142 Å². The molecule has 1 heterocycles. The number of fused-ring (bicyclic) bond motifs is 1. The molecule has 0 radical (unpaired) electrons. The first-order valence-electron chi connectivity index (χ1n) is 8.11. The fourth-order valence-corrected chi connectivity index (χ4v) is 2.74. The molecule has 24 heavy (non-hydrogen) atoms. The van der Waals surface area contributed by atoms with Crippen molar-refractivity contribution in [2.45, 2.75) is 26.4 Å². The van der Waals surface area contributed by atoms with E-state index >= 15 is 0 Å². The maximum atomic E-state index is 12.4. The highest BCUT2D eigenvalue weighted by Gasteiger charge is 2.25. The van der Waals surface area contributed by atoms with Crippen LogP contribution >= 0.6 is 0 Å². The highest BCUT2D eigenvalue weighted by Crippen LogP contribution is 2.33. The van der Waals surface area contributed by atoms with Gasteiger partial charge in [0.25, 0.3) is 5.91 Å². The zero-order valence-electron chi connectivity index (χ0n) is 14.2. The molecule has 0 spiro atoms. The molecule has 0 aliphatic carbocycles. The topological polar surface area (TPSA) is 59.6 Å². The van der Waals surface area contributed by atoms with E-state index < -0.39 is 0 Å². The van der Waals surface area contributed by atoms with E-state index in [0.29, 0.717) is 23.7 Å². The molecule has 0 aromatic heterocycles. The van der Waals surface area contributed by atoms with E-state index in [1.54, 1.807) is 7.11 Å². The van der Waals surface area contributed by atoms with Gasteiger partial charge in [-0.3, -0.25) is 4.79 Å². The molecule has 0 saturated heterocycles. The van der Waals surface area contributed by atoms with Crippen LogP contribution in [-0.4, -0.2) is 19.6 Å². The van der Waals surface area contributed by atoms with Crippen molar-refractivity contribution in [1.29, 1.82) is 0 Å². The van der Waals surface area contributed by atoms with Crippen LogP contribution in [0.2, 0.25) is 0 Å². The summed E-state index contributed by atoms with van der Waals surface area (Å²) in [4.78, 5) is 12.4. The summed E-state index contributed by atoms with van der Waals surface area (Å²) in [6.07, 6.45) is 0.612. The number of aryl methyl sites for hydroxylation is 1. The van der Waals surface area contributed by atoms with E-state index in [-0.39, 0.29) is 12.1 Å². The van der Waals surface area contributed by atoms with E-state index in [0.717, 1.165) is 23.2 Å². The van der Waals surface area contributed by atoms with Gasteiger partial charge in [0.1, 0.15) is 6.17 Å². The lowest BCUT2D eigenvalue weighted by atomic mass is 10.0. The molecule has 0 fully saturated rings. The largest absolute Gasteiger partial charge is 0.493 e. The third-order valence-corrected chi connectivity index (χ3v) is 3.98. The number of carbonyl (C=O) groups excluding carboxylic acids is 1. The van der Waals surface area contributed by atoms with Gasteiger partial charge in [-0.2, -0.15) is 0 Å². The van der Waals surface area contributed by atoms with Crippen LogP contribution in [0.5, 0.6) is 11.5 Å². The summed E-state index contributed by atoms with van der Waals surface area (Å²) in [5.41, 5.74) is 3.48. The molecule has 5 nitrogen and oxygen atoms in total. The molecular formula is C19H22N2O3. The summed E-state index contributed by atoms with van der Waals surface area (Å²) in [5, 5.41) is 6.35. The smallest absolute Gasteiger partial charge is 0.255 e. The molecule has 0 saturated carbocycles. The van der Waals surface area contributed by atoms with Gasteiger partial charge in [0.05, 0.1) is 19.3 Å². The van der Waals surface area contributed by atoms with E-state index in [4.69, 9.17) is 9.47 Å². The van der Waals surface area contributed by atoms with Crippen molar-refractivity contribution in [2.75, 3.05) is 19.0 Å². The van der Waals surface area contributed by atoms with E-state index in [9.17, 15) is 4.79 Å². The van der Waals surface area contributed by atoms with Crippen LogP contribution in [-0.2, 0) is 0 Å². The van der Waals surface area contributed by atoms with Gasteiger partial charge in [-0.1, -0.05) is 24.6 Å². The first-order valence-corrected chi connectivity index (χ1v) is 8.11. The van der Waals surface area contributed by atoms with Crippen LogP contribution in [0.1, 0.15) is 41.0 Å². The van der Waals surface area contributed by atoms with E-state index in [1.165, 1.54) is 0 Å². The standard InChI is InChI=1S/C19H22N2O3/c1-4-9-24-17-11-13(6-8-16(17)23-3)18-20-15-7-5-12(2)10-14(15)19(22)21-18/h5-8,10-11,18,20H,4,9H2,1-3H3,(H,21,22). The maximum Gasteiger partial charge on any atom is 0.255 e. The Morgan fingerprint density at radius 1 is 1.08 bits per heavy atom. The third-order valence-electron chi connectivity index (χ3n) is 3.98. The molecule has 3 rings (SSSR count). The molecule has 1 atom stereocenters. The Bertz CT molecular complexity index is 758. The lowest BCUT2D eigenvalue weighted by Gasteiger charge is -2.28. The average Bonchev–Trinajstić information content (AvgIpc) is 2.60. The van der Waals surface area contributed by atoms with Crippen LogP contribution in [0.4, 0.5) is 5.69 Å². The summed E-state index contributed by atoms with van der Waals surface area (Å²) in [6.45, 7) is 4.64. The predicted octanol–water partition coefficient (Wildman–Crippen LogP) is 3.65. The summed E-state index contributed by atoms with van der Waals surface area (Å²) >= 11 is 0. The van der Waals surface area contributed by atoms with Crippen molar-refractivity contribution in [3.8, 4) is 11.5 Å². The monoisotopic (exact) mass is 326 g/mol. The zero-order valence-corrected chi connectivity index (χ0v) is 14.2. The minimum Gasteiger partial charge on any atom is -0.493 e. The fraction of sp³-hybridized carbons (Fsp3) is 0.316. The third kappa shape index (κ3) is 3.15. The molecule has 0 bridgehead atoms. The number of amides is 1. The van der Waals surface area contributed by atoms with Crippen LogP contribution in [0, 0.1) is 6.92 Å². The number of hydrogen-bond acceptors (Lipinski definition) is 4. The normalized spacial score (nSPS) is 16.0. The second-order valence-corrected chi connectivity index (χ2v) is 5.86. The maximum absolute atomic E-state index is 12.4. The predicted molar refractivity (Wildman–Crippen MR) is 93.8 cm³/mol. The minimum absolute atomic E-state index is 0.0794. The second kappa shape index (κ2) is 6.83. The first-order chi connectivity index (χ1) is 11.6. The van der Waals surface area contributed by atoms with Gasteiger partial charge in [0.2, 0.25) is 0 Å². The molecule has 2 N–H and O–H groups in total. The zero-order chi connectivity index (χ0) is 17.1. The van der Waals surface area contributed by atoms with Crippen LogP contribution in [0.3, 0.4) is 0 Å². The fourth-order valence-electron chi connectivity index (χ4n) is 2.74. The Morgan fingerprint density at radius 3 is 2.67 bits per heavy atom. The number of anilines is 1. The summed E-state index contributed by atoms with van der Waals surface area (Å²) in [5.74, 6) is 1.29. The van der Waals surface area contributed by atoms with E-state index in [2.05, 4.69) is 17.6 Å². The minimum atomic E-state index is -0.303. The number of hydrogen-bond donors (Lipinski definition) is 2. The number of rotatable bonds is 5. The number of ether oxygens (including phenoxy) is 2. The Morgan fingerprint density at radius 2 is 1.92 bits per heavy atom. The molecule has 1 aliphatic heterocycles. The molecule has 2 aromatic rings. The number of benzene rings is 2. The van der Waals surface area contributed by atoms with Gasteiger partial charge in [0, 0.05) is 5.69 Å². The van der Waals surface area contributed by atoms with Crippen molar-refractivity contribution < 1.29 is 14.3 Å². The Kier molecular flexibility index (Phi) is 4.60. The second-order valence-electron chi connectivity index (χ2n) is 5.86. The van der Waals surface area contributed by atoms with Crippen LogP contribution in [0.25, 0.3) is 0 Å². The van der Waals surface area contributed by atoms with Gasteiger partial charge >= 0.3 is 0 Å². The van der Waals surface area contributed by atoms with Crippen molar-refractivity contribution in [2.24, 2.45) is 0 Å². The molecule has 126 valence electrons. The number of nitrogens with one attached hydrogen (secondary N) is 2. The average molecular weight is 326 g/mol. The van der Waals surface area contributed by atoms with Crippen molar-refractivity contribution in [3.63, 3.8) is 0 Å². The van der Waals surface area contributed by atoms with Gasteiger partial charge in [-0.25, -0.2) is 0 Å². The molecule has 2 aromatic carbocycles.